The molecule has 0 fully saturated rings. The number of hydrogen-bond donors (Lipinski definition) is 0. The monoisotopic (exact) mass is 219 g/mol. The van der Waals surface area contributed by atoms with E-state index in [0.29, 0.717) is 23.6 Å². The van der Waals surface area contributed by atoms with Crippen molar-refractivity contribution in [2.75, 3.05) is 6.61 Å². The van der Waals surface area contributed by atoms with Crippen molar-refractivity contribution in [2.45, 2.75) is 20.3 Å². The average Bonchev–Trinajstić information content (AvgIpc) is 2.70. The number of oxazole rings is 1. The van der Waals surface area contributed by atoms with Crippen molar-refractivity contribution in [2.24, 2.45) is 0 Å². The Hall–Kier alpha value is -1.84. The van der Waals surface area contributed by atoms with E-state index in [0.717, 1.165) is 11.9 Å². The van der Waals surface area contributed by atoms with Crippen molar-refractivity contribution in [3.05, 3.63) is 29.7 Å². The second-order valence-electron chi connectivity index (χ2n) is 3.36. The molecule has 84 valence electrons. The van der Waals surface area contributed by atoms with Crippen LogP contribution in [0.3, 0.4) is 0 Å². The summed E-state index contributed by atoms with van der Waals surface area (Å²) in [4.78, 5) is 15.7. The predicted molar refractivity (Wildman–Crippen MR) is 59.3 cm³/mol. The Morgan fingerprint density at radius 2 is 2.25 bits per heavy atom. The van der Waals surface area contributed by atoms with Crippen LogP contribution in [-0.2, 0) is 11.2 Å². The normalized spacial score (nSPS) is 10.6. The van der Waals surface area contributed by atoms with Crippen LogP contribution in [0.25, 0.3) is 11.1 Å². The zero-order valence-corrected chi connectivity index (χ0v) is 9.32. The largest absolute Gasteiger partial charge is 0.462 e. The topological polar surface area (TPSA) is 52.3 Å². The Labute approximate surface area is 93.2 Å². The number of carbonyl (C=O) groups is 1. The number of hydrogen-bond acceptors (Lipinski definition) is 4. The van der Waals surface area contributed by atoms with E-state index in [9.17, 15) is 4.79 Å². The van der Waals surface area contributed by atoms with Crippen molar-refractivity contribution in [3.8, 4) is 0 Å². The molecule has 1 aromatic heterocycles. The first kappa shape index (κ1) is 10.7. The highest BCUT2D eigenvalue weighted by atomic mass is 16.5. The molecule has 4 heteroatoms. The van der Waals surface area contributed by atoms with E-state index >= 15 is 0 Å². The van der Waals surface area contributed by atoms with Crippen LogP contribution in [0.15, 0.2) is 22.6 Å². The molecule has 4 nitrogen and oxygen atoms in total. The molecule has 0 atom stereocenters. The Morgan fingerprint density at radius 1 is 1.44 bits per heavy atom. The fourth-order valence-electron chi connectivity index (χ4n) is 1.46. The van der Waals surface area contributed by atoms with Gasteiger partial charge in [0, 0.05) is 6.42 Å². The summed E-state index contributed by atoms with van der Waals surface area (Å²) in [6.45, 7) is 4.12. The Bertz CT molecular complexity index is 516. The molecule has 1 heterocycles. The second-order valence-corrected chi connectivity index (χ2v) is 3.36. The third-order valence-corrected chi connectivity index (χ3v) is 2.25. The highest BCUT2D eigenvalue weighted by Crippen LogP contribution is 2.18. The molecule has 1 aromatic carbocycles. The summed E-state index contributed by atoms with van der Waals surface area (Å²) in [6.07, 6.45) is 0.740. The van der Waals surface area contributed by atoms with E-state index in [1.54, 1.807) is 25.1 Å². The number of esters is 1. The predicted octanol–water partition coefficient (Wildman–Crippen LogP) is 2.57. The van der Waals surface area contributed by atoms with Crippen LogP contribution in [-0.4, -0.2) is 17.6 Å². The second kappa shape index (κ2) is 4.35. The number of benzene rings is 1. The fourth-order valence-corrected chi connectivity index (χ4v) is 1.46. The van der Waals surface area contributed by atoms with E-state index < -0.39 is 0 Å². The van der Waals surface area contributed by atoms with Gasteiger partial charge in [0.1, 0.15) is 5.52 Å². The molecule has 0 saturated carbocycles. The third kappa shape index (κ3) is 1.91. The molecule has 2 aromatic rings. The zero-order valence-electron chi connectivity index (χ0n) is 9.32. The molecule has 0 spiro atoms. The summed E-state index contributed by atoms with van der Waals surface area (Å²) in [7, 11) is 0. The van der Waals surface area contributed by atoms with E-state index in [-0.39, 0.29) is 5.97 Å². The van der Waals surface area contributed by atoms with Crippen LogP contribution in [0.1, 0.15) is 30.1 Å². The van der Waals surface area contributed by atoms with Crippen molar-refractivity contribution < 1.29 is 13.9 Å². The van der Waals surface area contributed by atoms with Gasteiger partial charge in [-0.25, -0.2) is 9.78 Å². The quantitative estimate of drug-likeness (QED) is 0.744. The lowest BCUT2D eigenvalue weighted by Gasteiger charge is -2.00. The maximum atomic E-state index is 11.5. The molecule has 0 bridgehead atoms. The van der Waals surface area contributed by atoms with Gasteiger partial charge in [0.25, 0.3) is 0 Å². The van der Waals surface area contributed by atoms with Crippen molar-refractivity contribution >= 4 is 17.1 Å². The molecular weight excluding hydrogens is 206 g/mol. The molecule has 0 aliphatic rings. The van der Waals surface area contributed by atoms with Gasteiger partial charge in [0.2, 0.25) is 0 Å². The van der Waals surface area contributed by atoms with Gasteiger partial charge >= 0.3 is 5.97 Å². The summed E-state index contributed by atoms with van der Waals surface area (Å²) >= 11 is 0. The number of aryl methyl sites for hydroxylation is 1. The first-order valence-corrected chi connectivity index (χ1v) is 5.31. The van der Waals surface area contributed by atoms with Crippen LogP contribution in [0, 0.1) is 0 Å². The Morgan fingerprint density at radius 3 is 2.94 bits per heavy atom. The van der Waals surface area contributed by atoms with Crippen molar-refractivity contribution in [1.29, 1.82) is 0 Å². The minimum Gasteiger partial charge on any atom is -0.462 e. The summed E-state index contributed by atoms with van der Waals surface area (Å²) in [6, 6.07) is 5.13. The van der Waals surface area contributed by atoms with E-state index in [2.05, 4.69) is 4.98 Å². The molecule has 0 unspecified atom stereocenters. The number of fused-ring (bicyclic) bond motifs is 1. The Kier molecular flexibility index (Phi) is 2.90. The molecular formula is C12H13NO3. The lowest BCUT2D eigenvalue weighted by atomic mass is 10.2. The van der Waals surface area contributed by atoms with Gasteiger partial charge in [-0.2, -0.15) is 0 Å². The smallest absolute Gasteiger partial charge is 0.338 e. The zero-order chi connectivity index (χ0) is 11.5. The minimum atomic E-state index is -0.334. The maximum Gasteiger partial charge on any atom is 0.338 e. The number of nitrogens with zero attached hydrogens (tertiary/aromatic N) is 1. The van der Waals surface area contributed by atoms with Gasteiger partial charge in [0.15, 0.2) is 11.5 Å². The molecule has 16 heavy (non-hydrogen) atoms. The minimum absolute atomic E-state index is 0.334. The highest BCUT2D eigenvalue weighted by molar-refractivity contribution is 5.93. The molecule has 0 radical (unpaired) electrons. The van der Waals surface area contributed by atoms with E-state index in [4.69, 9.17) is 9.15 Å². The van der Waals surface area contributed by atoms with Gasteiger partial charge in [-0.1, -0.05) is 6.92 Å². The van der Waals surface area contributed by atoms with Crippen LogP contribution < -0.4 is 0 Å². The number of carbonyl (C=O) groups excluding carboxylic acids is 1. The molecule has 2 rings (SSSR count). The maximum absolute atomic E-state index is 11.5. The van der Waals surface area contributed by atoms with Gasteiger partial charge in [-0.05, 0) is 25.1 Å². The van der Waals surface area contributed by atoms with Crippen LogP contribution in [0.2, 0.25) is 0 Å². The number of rotatable bonds is 3. The first-order chi connectivity index (χ1) is 7.74. The molecule has 0 aliphatic carbocycles. The SMILES string of the molecule is CCOC(=O)c1ccc2nc(CC)oc2c1. The first-order valence-electron chi connectivity index (χ1n) is 5.31. The van der Waals surface area contributed by atoms with Gasteiger partial charge in [-0.15, -0.1) is 0 Å². The summed E-state index contributed by atoms with van der Waals surface area (Å²) in [5, 5.41) is 0. The lowest BCUT2D eigenvalue weighted by Crippen LogP contribution is -2.03. The average molecular weight is 219 g/mol. The molecule has 0 amide bonds. The van der Waals surface area contributed by atoms with Crippen LogP contribution >= 0.6 is 0 Å². The molecule has 0 aliphatic heterocycles. The molecule has 0 saturated heterocycles. The summed E-state index contributed by atoms with van der Waals surface area (Å²) in [5.74, 6) is 0.342. The fraction of sp³-hybridized carbons (Fsp3) is 0.333. The van der Waals surface area contributed by atoms with Gasteiger partial charge in [0.05, 0.1) is 12.2 Å². The number of aromatic nitrogens is 1. The van der Waals surface area contributed by atoms with Crippen LogP contribution in [0.4, 0.5) is 0 Å². The van der Waals surface area contributed by atoms with Gasteiger partial charge in [-0.3, -0.25) is 0 Å². The van der Waals surface area contributed by atoms with Crippen molar-refractivity contribution in [3.63, 3.8) is 0 Å². The third-order valence-electron chi connectivity index (χ3n) is 2.25. The standard InChI is InChI=1S/C12H13NO3/c1-3-11-13-9-6-5-8(7-10(9)16-11)12(14)15-4-2/h5-7H,3-4H2,1-2H3. The Balaban J connectivity index is 2.39. The lowest BCUT2D eigenvalue weighted by molar-refractivity contribution is 0.0526. The number of ether oxygens (including phenoxy) is 1. The van der Waals surface area contributed by atoms with Crippen LogP contribution in [0.5, 0.6) is 0 Å². The summed E-state index contributed by atoms with van der Waals surface area (Å²) in [5.41, 5.74) is 1.89. The van der Waals surface area contributed by atoms with Crippen molar-refractivity contribution in [1.82, 2.24) is 4.98 Å². The molecule has 0 N–H and O–H groups in total. The van der Waals surface area contributed by atoms with E-state index in [1.165, 1.54) is 0 Å². The van der Waals surface area contributed by atoms with E-state index in [1.807, 2.05) is 6.92 Å². The summed E-state index contributed by atoms with van der Waals surface area (Å²) < 4.78 is 10.4. The van der Waals surface area contributed by atoms with Gasteiger partial charge < -0.3 is 9.15 Å². The highest BCUT2D eigenvalue weighted by Gasteiger charge is 2.10.